The number of hydrogen-bond acceptors (Lipinski definition) is 4. The van der Waals surface area contributed by atoms with Gasteiger partial charge in [0.25, 0.3) is 0 Å². The molecular formula is C23H26N2O2. The highest BCUT2D eigenvalue weighted by Gasteiger charge is 2.48. The van der Waals surface area contributed by atoms with Gasteiger partial charge >= 0.3 is 0 Å². The minimum atomic E-state index is -0.516. The molecule has 4 nitrogen and oxygen atoms in total. The summed E-state index contributed by atoms with van der Waals surface area (Å²) >= 11 is 0. The molecule has 0 bridgehead atoms. The van der Waals surface area contributed by atoms with Crippen LogP contribution in [0.2, 0.25) is 0 Å². The molecule has 0 radical (unpaired) electrons. The number of hydrogen-bond donors (Lipinski definition) is 0. The van der Waals surface area contributed by atoms with Crippen LogP contribution in [-0.4, -0.2) is 37.1 Å². The molecule has 4 heteroatoms. The van der Waals surface area contributed by atoms with Crippen molar-refractivity contribution in [1.82, 2.24) is 0 Å². The SMILES string of the molecule is C[C@H]1COC(C(Cc2ccccc2)(Cc2ccccc2)C2=N[C@@H](C)CO2)=N1. The highest BCUT2D eigenvalue weighted by molar-refractivity contribution is 6.06. The van der Waals surface area contributed by atoms with Gasteiger partial charge < -0.3 is 9.47 Å². The van der Waals surface area contributed by atoms with Gasteiger partial charge in [-0.25, -0.2) is 9.98 Å². The molecule has 0 unspecified atom stereocenters. The van der Waals surface area contributed by atoms with Gasteiger partial charge in [0, 0.05) is 0 Å². The molecule has 0 N–H and O–H groups in total. The summed E-state index contributed by atoms with van der Waals surface area (Å²) in [4.78, 5) is 9.71. The Morgan fingerprint density at radius 1 is 0.741 bits per heavy atom. The Bertz CT molecular complexity index is 758. The van der Waals surface area contributed by atoms with Crippen LogP contribution in [-0.2, 0) is 22.3 Å². The molecule has 27 heavy (non-hydrogen) atoms. The molecule has 0 aliphatic carbocycles. The van der Waals surface area contributed by atoms with Crippen molar-refractivity contribution in [3.63, 3.8) is 0 Å². The highest BCUT2D eigenvalue weighted by Crippen LogP contribution is 2.37. The fraction of sp³-hybridized carbons (Fsp3) is 0.391. The molecule has 0 saturated carbocycles. The van der Waals surface area contributed by atoms with Gasteiger partial charge in [-0.1, -0.05) is 60.7 Å². The fourth-order valence-electron chi connectivity index (χ4n) is 3.82. The maximum Gasteiger partial charge on any atom is 0.200 e. The molecule has 0 saturated heterocycles. The summed E-state index contributed by atoms with van der Waals surface area (Å²) in [6, 6.07) is 21.3. The summed E-state index contributed by atoms with van der Waals surface area (Å²) in [5.41, 5.74) is 1.94. The van der Waals surface area contributed by atoms with E-state index in [0.717, 1.165) is 24.6 Å². The molecule has 0 spiro atoms. The van der Waals surface area contributed by atoms with Crippen LogP contribution in [0.25, 0.3) is 0 Å². The average molecular weight is 362 g/mol. The summed E-state index contributed by atoms with van der Waals surface area (Å²) in [5.74, 6) is 1.52. The van der Waals surface area contributed by atoms with Crippen LogP contribution in [0.5, 0.6) is 0 Å². The lowest BCUT2D eigenvalue weighted by atomic mass is 9.75. The van der Waals surface area contributed by atoms with E-state index in [1.165, 1.54) is 11.1 Å². The predicted octanol–water partition coefficient (Wildman–Crippen LogP) is 4.09. The van der Waals surface area contributed by atoms with E-state index < -0.39 is 5.41 Å². The molecule has 2 aromatic rings. The van der Waals surface area contributed by atoms with E-state index in [9.17, 15) is 0 Å². The summed E-state index contributed by atoms with van der Waals surface area (Å²) in [7, 11) is 0. The predicted molar refractivity (Wildman–Crippen MR) is 108 cm³/mol. The number of aliphatic imine (C=N–C) groups is 2. The largest absolute Gasteiger partial charge is 0.478 e. The number of benzene rings is 2. The van der Waals surface area contributed by atoms with Crippen LogP contribution in [0, 0.1) is 5.41 Å². The Morgan fingerprint density at radius 2 is 1.15 bits per heavy atom. The summed E-state index contributed by atoms with van der Waals surface area (Å²) < 4.78 is 12.2. The minimum Gasteiger partial charge on any atom is -0.478 e. The van der Waals surface area contributed by atoms with E-state index in [-0.39, 0.29) is 12.1 Å². The topological polar surface area (TPSA) is 43.2 Å². The minimum absolute atomic E-state index is 0.158. The summed E-state index contributed by atoms with van der Waals surface area (Å²) in [6.45, 7) is 5.40. The van der Waals surface area contributed by atoms with Gasteiger partial charge in [-0.05, 0) is 37.8 Å². The molecule has 140 valence electrons. The van der Waals surface area contributed by atoms with Crippen molar-refractivity contribution < 1.29 is 9.47 Å². The van der Waals surface area contributed by atoms with Crippen LogP contribution in [0.4, 0.5) is 0 Å². The maximum absolute atomic E-state index is 6.11. The van der Waals surface area contributed by atoms with Crippen molar-refractivity contribution in [3.05, 3.63) is 71.8 Å². The lowest BCUT2D eigenvalue weighted by Gasteiger charge is -2.32. The second-order valence-electron chi connectivity index (χ2n) is 7.60. The van der Waals surface area contributed by atoms with E-state index in [0.29, 0.717) is 13.2 Å². The molecule has 2 aliphatic rings. The maximum atomic E-state index is 6.11. The zero-order valence-electron chi connectivity index (χ0n) is 16.0. The third-order valence-corrected chi connectivity index (χ3v) is 5.11. The van der Waals surface area contributed by atoms with Crippen molar-refractivity contribution >= 4 is 11.8 Å². The number of nitrogens with zero attached hydrogens (tertiary/aromatic N) is 2. The quantitative estimate of drug-likeness (QED) is 0.777. The molecule has 2 heterocycles. The van der Waals surface area contributed by atoms with Crippen molar-refractivity contribution in [1.29, 1.82) is 0 Å². The monoisotopic (exact) mass is 362 g/mol. The number of rotatable bonds is 6. The Hall–Kier alpha value is -2.62. The molecule has 0 aromatic heterocycles. The van der Waals surface area contributed by atoms with E-state index in [4.69, 9.17) is 19.5 Å². The normalized spacial score (nSPS) is 22.0. The van der Waals surface area contributed by atoms with Gasteiger partial charge in [-0.3, -0.25) is 0 Å². The van der Waals surface area contributed by atoms with Crippen molar-refractivity contribution in [3.8, 4) is 0 Å². The summed E-state index contributed by atoms with van der Waals surface area (Å²) in [5, 5.41) is 0. The van der Waals surface area contributed by atoms with Gasteiger partial charge in [-0.15, -0.1) is 0 Å². The van der Waals surface area contributed by atoms with E-state index in [2.05, 4.69) is 62.4 Å². The van der Waals surface area contributed by atoms with Crippen molar-refractivity contribution in [2.45, 2.75) is 38.8 Å². The van der Waals surface area contributed by atoms with Gasteiger partial charge in [0.05, 0.1) is 12.1 Å². The molecular weight excluding hydrogens is 336 g/mol. The number of ether oxygens (including phenoxy) is 2. The van der Waals surface area contributed by atoms with Crippen LogP contribution < -0.4 is 0 Å². The fourth-order valence-corrected chi connectivity index (χ4v) is 3.82. The zero-order valence-corrected chi connectivity index (χ0v) is 16.0. The zero-order chi connectivity index (χ0) is 18.7. The molecule has 0 fully saturated rings. The molecule has 2 atom stereocenters. The van der Waals surface area contributed by atoms with Crippen molar-refractivity contribution in [2.24, 2.45) is 15.4 Å². The molecule has 0 amide bonds. The van der Waals surface area contributed by atoms with E-state index >= 15 is 0 Å². The van der Waals surface area contributed by atoms with Gasteiger partial charge in [0.15, 0.2) is 11.8 Å². The summed E-state index contributed by atoms with van der Waals surface area (Å²) in [6.07, 6.45) is 1.50. The second-order valence-corrected chi connectivity index (χ2v) is 7.60. The van der Waals surface area contributed by atoms with Gasteiger partial charge in [0.2, 0.25) is 0 Å². The molecule has 2 aliphatic heterocycles. The first kappa shape index (κ1) is 17.8. The highest BCUT2D eigenvalue weighted by atomic mass is 16.5. The smallest absolute Gasteiger partial charge is 0.200 e. The second kappa shape index (κ2) is 7.55. The van der Waals surface area contributed by atoms with Gasteiger partial charge in [-0.2, -0.15) is 0 Å². The van der Waals surface area contributed by atoms with Crippen LogP contribution in [0.3, 0.4) is 0 Å². The average Bonchev–Trinajstić information content (AvgIpc) is 3.32. The van der Waals surface area contributed by atoms with Crippen LogP contribution >= 0.6 is 0 Å². The van der Waals surface area contributed by atoms with Crippen LogP contribution in [0.15, 0.2) is 70.6 Å². The van der Waals surface area contributed by atoms with Gasteiger partial charge in [0.1, 0.15) is 18.6 Å². The Balaban J connectivity index is 1.82. The Morgan fingerprint density at radius 3 is 1.48 bits per heavy atom. The first-order valence-electron chi connectivity index (χ1n) is 9.66. The van der Waals surface area contributed by atoms with E-state index in [1.54, 1.807) is 0 Å². The Labute approximate surface area is 161 Å². The Kier molecular flexibility index (Phi) is 4.97. The van der Waals surface area contributed by atoms with E-state index in [1.807, 2.05) is 12.1 Å². The van der Waals surface area contributed by atoms with Crippen LogP contribution in [0.1, 0.15) is 25.0 Å². The first-order valence-corrected chi connectivity index (χ1v) is 9.66. The standard InChI is InChI=1S/C23H26N2O2/c1-17-15-26-21(24-17)23(22-25-18(2)16-27-22,13-19-9-5-3-6-10-19)14-20-11-7-4-8-12-20/h3-12,17-18H,13-16H2,1-2H3/t17-,18-/m0/s1. The lowest BCUT2D eigenvalue weighted by molar-refractivity contribution is 0.252. The molecule has 2 aromatic carbocycles. The third kappa shape index (κ3) is 3.75. The first-order chi connectivity index (χ1) is 13.2. The van der Waals surface area contributed by atoms with Crippen molar-refractivity contribution in [2.75, 3.05) is 13.2 Å². The lowest BCUT2D eigenvalue weighted by Crippen LogP contribution is -2.44. The third-order valence-electron chi connectivity index (χ3n) is 5.11. The molecule has 4 rings (SSSR count).